The van der Waals surface area contributed by atoms with Crippen LogP contribution in [0.2, 0.25) is 0 Å². The molecule has 0 saturated heterocycles. The summed E-state index contributed by atoms with van der Waals surface area (Å²) in [6.07, 6.45) is 3.05. The lowest BCUT2D eigenvalue weighted by atomic mass is 9.94. The van der Waals surface area contributed by atoms with Gasteiger partial charge in [-0.2, -0.15) is 0 Å². The summed E-state index contributed by atoms with van der Waals surface area (Å²) < 4.78 is 15.9. The summed E-state index contributed by atoms with van der Waals surface area (Å²) in [6.45, 7) is 1.91. The smallest absolute Gasteiger partial charge is 0.314 e. The SMILES string of the molecule is Cc1cn(C)c2c(F)cc(C3(C(=O)O)CC3)cc12. The lowest BCUT2D eigenvalue weighted by Gasteiger charge is -2.11. The second-order valence-electron chi connectivity index (χ2n) is 5.16. The first-order valence-electron chi connectivity index (χ1n) is 5.95. The largest absolute Gasteiger partial charge is 0.481 e. The molecule has 3 rings (SSSR count). The molecule has 0 spiro atoms. The predicted octanol–water partition coefficient (Wildman–Crippen LogP) is 2.74. The zero-order valence-electron chi connectivity index (χ0n) is 10.3. The van der Waals surface area contributed by atoms with Crippen molar-refractivity contribution in [1.82, 2.24) is 4.57 Å². The number of aryl methyl sites for hydroxylation is 2. The van der Waals surface area contributed by atoms with Crippen molar-refractivity contribution in [1.29, 1.82) is 0 Å². The topological polar surface area (TPSA) is 42.2 Å². The van der Waals surface area contributed by atoms with Crippen molar-refractivity contribution in [2.24, 2.45) is 7.05 Å². The van der Waals surface area contributed by atoms with E-state index in [9.17, 15) is 14.3 Å². The monoisotopic (exact) mass is 247 g/mol. The summed E-state index contributed by atoms with van der Waals surface area (Å²) in [5.41, 5.74) is 1.25. The highest BCUT2D eigenvalue weighted by Crippen LogP contribution is 2.49. The van der Waals surface area contributed by atoms with E-state index in [-0.39, 0.29) is 5.82 Å². The summed E-state index contributed by atoms with van der Waals surface area (Å²) in [4.78, 5) is 11.3. The maximum atomic E-state index is 14.1. The molecule has 1 aromatic heterocycles. The van der Waals surface area contributed by atoms with E-state index < -0.39 is 11.4 Å². The van der Waals surface area contributed by atoms with E-state index in [4.69, 9.17) is 0 Å². The second-order valence-corrected chi connectivity index (χ2v) is 5.16. The average molecular weight is 247 g/mol. The number of aliphatic carboxylic acids is 1. The Morgan fingerprint density at radius 3 is 2.67 bits per heavy atom. The van der Waals surface area contributed by atoms with Crippen molar-refractivity contribution in [3.8, 4) is 0 Å². The summed E-state index contributed by atoms with van der Waals surface area (Å²) in [5.74, 6) is -1.19. The third-order valence-corrected chi connectivity index (χ3v) is 3.94. The number of benzene rings is 1. The van der Waals surface area contributed by atoms with Gasteiger partial charge in [0.05, 0.1) is 10.9 Å². The number of hydrogen-bond donors (Lipinski definition) is 1. The first-order valence-corrected chi connectivity index (χ1v) is 5.95. The van der Waals surface area contributed by atoms with Crippen LogP contribution in [-0.2, 0) is 17.3 Å². The molecule has 1 N–H and O–H groups in total. The second kappa shape index (κ2) is 3.34. The van der Waals surface area contributed by atoms with Gasteiger partial charge in [-0.15, -0.1) is 0 Å². The molecule has 3 nitrogen and oxygen atoms in total. The Morgan fingerprint density at radius 2 is 2.11 bits per heavy atom. The Morgan fingerprint density at radius 1 is 1.44 bits per heavy atom. The van der Waals surface area contributed by atoms with Crippen molar-refractivity contribution in [3.63, 3.8) is 0 Å². The van der Waals surface area contributed by atoms with Gasteiger partial charge in [0.1, 0.15) is 5.82 Å². The third-order valence-electron chi connectivity index (χ3n) is 3.94. The zero-order valence-corrected chi connectivity index (χ0v) is 10.3. The standard InChI is InChI=1S/C14H14FNO2/c1-8-7-16(2)12-10(8)5-9(6-11(12)15)14(3-4-14)13(17)18/h5-7H,3-4H2,1-2H3,(H,17,18). The number of carboxylic acids is 1. The molecular formula is C14H14FNO2. The van der Waals surface area contributed by atoms with Gasteiger partial charge in [0.2, 0.25) is 0 Å². The van der Waals surface area contributed by atoms with Gasteiger partial charge in [-0.05, 0) is 43.0 Å². The first-order chi connectivity index (χ1) is 8.45. The number of rotatable bonds is 2. The molecule has 0 unspecified atom stereocenters. The van der Waals surface area contributed by atoms with E-state index >= 15 is 0 Å². The van der Waals surface area contributed by atoms with E-state index in [2.05, 4.69) is 0 Å². The molecule has 1 aliphatic rings. The summed E-state index contributed by atoms with van der Waals surface area (Å²) in [7, 11) is 1.79. The van der Waals surface area contributed by atoms with E-state index in [1.807, 2.05) is 19.2 Å². The van der Waals surface area contributed by atoms with Crippen LogP contribution in [0.25, 0.3) is 10.9 Å². The van der Waals surface area contributed by atoms with Gasteiger partial charge < -0.3 is 9.67 Å². The molecular weight excluding hydrogens is 233 g/mol. The zero-order chi connectivity index (χ0) is 13.1. The van der Waals surface area contributed by atoms with Gasteiger partial charge in [0.15, 0.2) is 0 Å². The fraction of sp³-hybridized carbons (Fsp3) is 0.357. The highest BCUT2D eigenvalue weighted by Gasteiger charge is 2.52. The van der Waals surface area contributed by atoms with Crippen molar-refractivity contribution in [2.45, 2.75) is 25.2 Å². The molecule has 1 fully saturated rings. The molecule has 18 heavy (non-hydrogen) atoms. The van der Waals surface area contributed by atoms with E-state index in [0.717, 1.165) is 10.9 Å². The molecule has 1 saturated carbocycles. The van der Waals surface area contributed by atoms with Crippen LogP contribution >= 0.6 is 0 Å². The van der Waals surface area contributed by atoms with E-state index in [0.29, 0.717) is 23.9 Å². The highest BCUT2D eigenvalue weighted by atomic mass is 19.1. The number of carboxylic acid groups (broad SMARTS) is 1. The molecule has 0 atom stereocenters. The number of halogens is 1. The molecule has 94 valence electrons. The molecule has 0 amide bonds. The van der Waals surface area contributed by atoms with Crippen molar-refractivity contribution in [2.75, 3.05) is 0 Å². The fourth-order valence-corrected chi connectivity index (χ4v) is 2.71. The van der Waals surface area contributed by atoms with Crippen LogP contribution in [-0.4, -0.2) is 15.6 Å². The van der Waals surface area contributed by atoms with Crippen LogP contribution < -0.4 is 0 Å². The van der Waals surface area contributed by atoms with Crippen molar-refractivity contribution < 1.29 is 14.3 Å². The van der Waals surface area contributed by atoms with Crippen molar-refractivity contribution in [3.05, 3.63) is 35.3 Å². The van der Waals surface area contributed by atoms with Gasteiger partial charge in [-0.25, -0.2) is 4.39 Å². The molecule has 0 radical (unpaired) electrons. The highest BCUT2D eigenvalue weighted by molar-refractivity contribution is 5.90. The molecule has 0 bridgehead atoms. The minimum Gasteiger partial charge on any atom is -0.481 e. The number of hydrogen-bond acceptors (Lipinski definition) is 1. The van der Waals surface area contributed by atoms with Crippen LogP contribution in [0.5, 0.6) is 0 Å². The van der Waals surface area contributed by atoms with Crippen molar-refractivity contribution >= 4 is 16.9 Å². The minimum absolute atomic E-state index is 0.342. The van der Waals surface area contributed by atoms with Crippen LogP contribution in [0.4, 0.5) is 4.39 Å². The van der Waals surface area contributed by atoms with Gasteiger partial charge in [-0.1, -0.05) is 0 Å². The Hall–Kier alpha value is -1.84. The minimum atomic E-state index is -0.852. The Labute approximate surface area is 104 Å². The van der Waals surface area contributed by atoms with Gasteiger partial charge in [0.25, 0.3) is 0 Å². The first kappa shape index (κ1) is 11.3. The summed E-state index contributed by atoms with van der Waals surface area (Å²) in [6, 6.07) is 3.21. The van der Waals surface area contributed by atoms with E-state index in [1.165, 1.54) is 6.07 Å². The molecule has 1 aliphatic carbocycles. The lowest BCUT2D eigenvalue weighted by molar-refractivity contribution is -0.140. The summed E-state index contributed by atoms with van der Waals surface area (Å²) in [5, 5.41) is 10.1. The van der Waals surface area contributed by atoms with Crippen LogP contribution in [0.1, 0.15) is 24.0 Å². The van der Waals surface area contributed by atoms with Crippen LogP contribution in [0.15, 0.2) is 18.3 Å². The number of nitrogens with zero attached hydrogens (tertiary/aromatic N) is 1. The van der Waals surface area contributed by atoms with Crippen LogP contribution in [0.3, 0.4) is 0 Å². The molecule has 4 heteroatoms. The van der Waals surface area contributed by atoms with Gasteiger partial charge in [-0.3, -0.25) is 4.79 Å². The Bertz CT molecular complexity index is 668. The molecule has 1 aromatic carbocycles. The average Bonchev–Trinajstić information content (AvgIpc) is 3.03. The molecule has 0 aliphatic heterocycles. The lowest BCUT2D eigenvalue weighted by Crippen LogP contribution is -2.19. The maximum absolute atomic E-state index is 14.1. The Kier molecular flexibility index (Phi) is 2.09. The van der Waals surface area contributed by atoms with Gasteiger partial charge in [0, 0.05) is 18.6 Å². The van der Waals surface area contributed by atoms with Gasteiger partial charge >= 0.3 is 5.97 Å². The normalized spacial score (nSPS) is 17.1. The molecule has 2 aromatic rings. The molecule has 1 heterocycles. The van der Waals surface area contributed by atoms with Crippen LogP contribution in [0, 0.1) is 12.7 Å². The Balaban J connectivity index is 2.28. The number of carbonyl (C=O) groups is 1. The summed E-state index contributed by atoms with van der Waals surface area (Å²) >= 11 is 0. The van der Waals surface area contributed by atoms with E-state index in [1.54, 1.807) is 11.6 Å². The third kappa shape index (κ3) is 1.32. The number of fused-ring (bicyclic) bond motifs is 1. The maximum Gasteiger partial charge on any atom is 0.314 e. The number of aromatic nitrogens is 1. The quantitative estimate of drug-likeness (QED) is 0.886. The predicted molar refractivity (Wildman–Crippen MR) is 66.2 cm³/mol. The fourth-order valence-electron chi connectivity index (χ4n) is 2.71.